The molecule has 1 aliphatic carbocycles. The van der Waals surface area contributed by atoms with Gasteiger partial charge in [0.2, 0.25) is 0 Å². The van der Waals surface area contributed by atoms with E-state index in [0.29, 0.717) is 24.7 Å². The maximum absolute atomic E-state index is 12.5. The Labute approximate surface area is 126 Å². The van der Waals surface area contributed by atoms with Gasteiger partial charge in [-0.05, 0) is 25.3 Å². The van der Waals surface area contributed by atoms with E-state index in [9.17, 15) is 4.79 Å². The van der Waals surface area contributed by atoms with Crippen molar-refractivity contribution in [2.24, 2.45) is 0 Å². The first kappa shape index (κ1) is 16.0. The molecule has 118 valence electrons. The summed E-state index contributed by atoms with van der Waals surface area (Å²) in [5, 5.41) is 16.4. The van der Waals surface area contributed by atoms with Crippen LogP contribution in [0.4, 0.5) is 0 Å². The number of aromatic nitrogens is 2. The number of carbonyl (C=O) groups excluding carboxylic acids is 1. The zero-order chi connectivity index (χ0) is 15.1. The molecule has 0 aliphatic heterocycles. The van der Waals surface area contributed by atoms with E-state index in [1.165, 1.54) is 32.1 Å². The third-order valence-corrected chi connectivity index (χ3v) is 4.30. The number of aliphatic hydroxyl groups excluding tert-OH is 1. The van der Waals surface area contributed by atoms with E-state index in [0.717, 1.165) is 18.5 Å². The summed E-state index contributed by atoms with van der Waals surface area (Å²) >= 11 is 0. The Morgan fingerprint density at radius 2 is 2.14 bits per heavy atom. The van der Waals surface area contributed by atoms with E-state index in [4.69, 9.17) is 5.11 Å². The fourth-order valence-corrected chi connectivity index (χ4v) is 3.02. The van der Waals surface area contributed by atoms with Gasteiger partial charge in [-0.2, -0.15) is 5.10 Å². The number of aliphatic hydroxyl groups is 1. The molecule has 0 saturated heterocycles. The molecule has 5 nitrogen and oxygen atoms in total. The minimum absolute atomic E-state index is 0.00460. The summed E-state index contributed by atoms with van der Waals surface area (Å²) in [5.41, 5.74) is 1.58. The molecule has 0 spiro atoms. The van der Waals surface area contributed by atoms with Gasteiger partial charge in [0.15, 0.2) is 0 Å². The zero-order valence-electron chi connectivity index (χ0n) is 13.0. The average Bonchev–Trinajstić information content (AvgIpc) is 3.01. The summed E-state index contributed by atoms with van der Waals surface area (Å²) in [6.07, 6.45) is 8.20. The van der Waals surface area contributed by atoms with Gasteiger partial charge in [0.1, 0.15) is 5.69 Å². The summed E-state index contributed by atoms with van der Waals surface area (Å²) < 4.78 is 0. The second-order valence-corrected chi connectivity index (χ2v) is 5.91. The van der Waals surface area contributed by atoms with Gasteiger partial charge in [0.05, 0.1) is 6.61 Å². The van der Waals surface area contributed by atoms with E-state index in [-0.39, 0.29) is 12.5 Å². The van der Waals surface area contributed by atoms with Crippen LogP contribution in [0.1, 0.15) is 74.0 Å². The molecule has 0 atom stereocenters. The number of unbranched alkanes of at least 4 members (excludes halogenated alkanes) is 1. The van der Waals surface area contributed by atoms with Crippen molar-refractivity contribution < 1.29 is 9.90 Å². The highest BCUT2D eigenvalue weighted by Crippen LogP contribution is 2.31. The Morgan fingerprint density at radius 3 is 2.81 bits per heavy atom. The lowest BCUT2D eigenvalue weighted by atomic mass is 9.87. The molecule has 0 radical (unpaired) electrons. The molecule has 21 heavy (non-hydrogen) atoms. The van der Waals surface area contributed by atoms with Crippen molar-refractivity contribution >= 4 is 5.91 Å². The standard InChI is InChI=1S/C16H27N3O2/c1-2-3-9-19(10-11-20)16(21)15-12-14(17-18-15)13-7-5-4-6-8-13/h12-13,20H,2-11H2,1H3,(H,17,18). The highest BCUT2D eigenvalue weighted by atomic mass is 16.3. The summed E-state index contributed by atoms with van der Waals surface area (Å²) in [6, 6.07) is 1.91. The van der Waals surface area contributed by atoms with Crippen molar-refractivity contribution in [1.29, 1.82) is 0 Å². The summed E-state index contributed by atoms with van der Waals surface area (Å²) in [6.45, 7) is 3.15. The molecule has 1 aliphatic rings. The van der Waals surface area contributed by atoms with Crippen LogP contribution in [-0.2, 0) is 0 Å². The van der Waals surface area contributed by atoms with Gasteiger partial charge in [-0.25, -0.2) is 0 Å². The number of H-pyrrole nitrogens is 1. The van der Waals surface area contributed by atoms with Crippen molar-refractivity contribution in [3.63, 3.8) is 0 Å². The molecule has 1 fully saturated rings. The lowest BCUT2D eigenvalue weighted by Gasteiger charge is -2.20. The summed E-state index contributed by atoms with van der Waals surface area (Å²) in [4.78, 5) is 14.2. The molecule has 1 saturated carbocycles. The van der Waals surface area contributed by atoms with E-state index in [2.05, 4.69) is 17.1 Å². The second kappa shape index (κ2) is 8.17. The highest BCUT2D eigenvalue weighted by Gasteiger charge is 2.22. The highest BCUT2D eigenvalue weighted by molar-refractivity contribution is 5.92. The Bertz CT molecular complexity index is 438. The van der Waals surface area contributed by atoms with Crippen LogP contribution >= 0.6 is 0 Å². The number of hydrogen-bond acceptors (Lipinski definition) is 3. The zero-order valence-corrected chi connectivity index (χ0v) is 13.0. The van der Waals surface area contributed by atoms with Gasteiger partial charge in [-0.1, -0.05) is 32.6 Å². The topological polar surface area (TPSA) is 69.2 Å². The van der Waals surface area contributed by atoms with Crippen LogP contribution in [0, 0.1) is 0 Å². The van der Waals surface area contributed by atoms with Crippen LogP contribution in [0.15, 0.2) is 6.07 Å². The normalized spacial score (nSPS) is 16.1. The van der Waals surface area contributed by atoms with Crippen LogP contribution < -0.4 is 0 Å². The Morgan fingerprint density at radius 1 is 1.38 bits per heavy atom. The molecule has 1 aromatic rings. The predicted octanol–water partition coefficient (Wildman–Crippen LogP) is 2.69. The number of rotatable bonds is 7. The fourth-order valence-electron chi connectivity index (χ4n) is 3.02. The smallest absolute Gasteiger partial charge is 0.274 e. The van der Waals surface area contributed by atoms with E-state index >= 15 is 0 Å². The third-order valence-electron chi connectivity index (χ3n) is 4.30. The van der Waals surface area contributed by atoms with Crippen molar-refractivity contribution in [1.82, 2.24) is 15.1 Å². The van der Waals surface area contributed by atoms with Gasteiger partial charge in [-0.15, -0.1) is 0 Å². The van der Waals surface area contributed by atoms with E-state index < -0.39 is 0 Å². The molecule has 5 heteroatoms. The van der Waals surface area contributed by atoms with Crippen LogP contribution in [0.2, 0.25) is 0 Å². The third kappa shape index (κ3) is 4.30. The Balaban J connectivity index is 2.01. The largest absolute Gasteiger partial charge is 0.395 e. The van der Waals surface area contributed by atoms with Crippen LogP contribution in [0.3, 0.4) is 0 Å². The van der Waals surface area contributed by atoms with E-state index in [1.807, 2.05) is 6.07 Å². The number of nitrogens with zero attached hydrogens (tertiary/aromatic N) is 2. The van der Waals surface area contributed by atoms with E-state index in [1.54, 1.807) is 4.90 Å². The Hall–Kier alpha value is -1.36. The minimum Gasteiger partial charge on any atom is -0.395 e. The molecule has 2 N–H and O–H groups in total. The number of hydrogen-bond donors (Lipinski definition) is 2. The molecule has 1 aromatic heterocycles. The van der Waals surface area contributed by atoms with Gasteiger partial charge in [0, 0.05) is 24.7 Å². The minimum atomic E-state index is -0.0733. The van der Waals surface area contributed by atoms with Crippen molar-refractivity contribution in [3.8, 4) is 0 Å². The van der Waals surface area contributed by atoms with Gasteiger partial charge >= 0.3 is 0 Å². The lowest BCUT2D eigenvalue weighted by molar-refractivity contribution is 0.0713. The SMILES string of the molecule is CCCCN(CCO)C(=O)c1cc(C2CCCCC2)[nH]n1. The first-order valence-corrected chi connectivity index (χ1v) is 8.21. The maximum atomic E-state index is 12.5. The second-order valence-electron chi connectivity index (χ2n) is 5.91. The molecule has 1 heterocycles. The fraction of sp³-hybridized carbons (Fsp3) is 0.750. The molecule has 0 bridgehead atoms. The van der Waals surface area contributed by atoms with Gasteiger partial charge in [-0.3, -0.25) is 9.89 Å². The number of amides is 1. The predicted molar refractivity (Wildman–Crippen MR) is 82.3 cm³/mol. The van der Waals surface area contributed by atoms with Crippen LogP contribution in [-0.4, -0.2) is 45.8 Å². The van der Waals surface area contributed by atoms with Gasteiger partial charge in [0.25, 0.3) is 5.91 Å². The first-order chi connectivity index (χ1) is 10.3. The van der Waals surface area contributed by atoms with Gasteiger partial charge < -0.3 is 10.0 Å². The monoisotopic (exact) mass is 293 g/mol. The average molecular weight is 293 g/mol. The molecule has 0 aromatic carbocycles. The number of carbonyl (C=O) groups is 1. The molecular weight excluding hydrogens is 266 g/mol. The van der Waals surface area contributed by atoms with Crippen molar-refractivity contribution in [2.75, 3.05) is 19.7 Å². The van der Waals surface area contributed by atoms with Crippen LogP contribution in [0.25, 0.3) is 0 Å². The molecule has 2 rings (SSSR count). The quantitative estimate of drug-likeness (QED) is 0.812. The molecular formula is C16H27N3O2. The molecule has 0 unspecified atom stereocenters. The first-order valence-electron chi connectivity index (χ1n) is 8.21. The Kier molecular flexibility index (Phi) is 6.23. The number of nitrogens with one attached hydrogen (secondary N) is 1. The van der Waals surface area contributed by atoms with Crippen molar-refractivity contribution in [2.45, 2.75) is 57.8 Å². The maximum Gasteiger partial charge on any atom is 0.274 e. The summed E-state index contributed by atoms with van der Waals surface area (Å²) in [5.74, 6) is 0.450. The number of aromatic amines is 1. The summed E-state index contributed by atoms with van der Waals surface area (Å²) in [7, 11) is 0. The van der Waals surface area contributed by atoms with Crippen molar-refractivity contribution in [3.05, 3.63) is 17.5 Å². The lowest BCUT2D eigenvalue weighted by Crippen LogP contribution is -2.34. The molecule has 1 amide bonds. The van der Waals surface area contributed by atoms with Crippen LogP contribution in [0.5, 0.6) is 0 Å².